The molecule has 1 unspecified atom stereocenters. The minimum atomic E-state index is -0.845. The Hall–Kier alpha value is -2.37. The van der Waals surface area contributed by atoms with Gasteiger partial charge in [0.25, 0.3) is 0 Å². The van der Waals surface area contributed by atoms with Crippen molar-refractivity contribution in [1.29, 1.82) is 0 Å². The fraction of sp³-hybridized carbons (Fsp3) is 0.476. The Morgan fingerprint density at radius 2 is 2.15 bits per heavy atom. The highest BCUT2D eigenvalue weighted by Crippen LogP contribution is 2.36. The molecule has 1 aromatic rings. The van der Waals surface area contributed by atoms with Gasteiger partial charge < -0.3 is 14.5 Å². The molecule has 144 valence electrons. The zero-order valence-corrected chi connectivity index (χ0v) is 15.8. The number of aryl methyl sites for hydroxylation is 1. The Bertz CT molecular complexity index is 808. The van der Waals surface area contributed by atoms with Crippen LogP contribution >= 0.6 is 0 Å². The smallest absolute Gasteiger partial charge is 0.219 e. The van der Waals surface area contributed by atoms with Crippen molar-refractivity contribution in [3.8, 4) is 0 Å². The molecule has 3 heterocycles. The standard InChI is InChI=1S/C21H25F2N3O/c1-3-6-18-24-19(27-13-15-9-14(2)21(23)17(22)10-15)11-20-25-8-5-4-7-16(25)12-26(18)20/h6,9-11,16H,3-5,7-8,12-13H2,1-2H3/b18-6-. The van der Waals surface area contributed by atoms with E-state index in [4.69, 9.17) is 4.74 Å². The van der Waals surface area contributed by atoms with Gasteiger partial charge in [0.1, 0.15) is 18.2 Å². The summed E-state index contributed by atoms with van der Waals surface area (Å²) in [6.07, 6.45) is 8.66. The average Bonchev–Trinajstić information content (AvgIpc) is 3.03. The molecule has 2 fully saturated rings. The van der Waals surface area contributed by atoms with Crippen molar-refractivity contribution in [2.24, 2.45) is 4.99 Å². The largest absolute Gasteiger partial charge is 0.473 e. The van der Waals surface area contributed by atoms with Gasteiger partial charge in [-0.3, -0.25) is 0 Å². The van der Waals surface area contributed by atoms with Crippen molar-refractivity contribution in [2.45, 2.75) is 52.2 Å². The summed E-state index contributed by atoms with van der Waals surface area (Å²) in [7, 11) is 0. The molecular formula is C21H25F2N3O. The van der Waals surface area contributed by atoms with Crippen molar-refractivity contribution >= 4 is 5.90 Å². The van der Waals surface area contributed by atoms with Crippen LogP contribution in [0.2, 0.25) is 0 Å². The molecular weight excluding hydrogens is 348 g/mol. The third kappa shape index (κ3) is 3.45. The number of ether oxygens (including phenoxy) is 1. The zero-order chi connectivity index (χ0) is 19.0. The number of allylic oxidation sites excluding steroid dienone is 1. The maximum atomic E-state index is 13.6. The Labute approximate surface area is 158 Å². The van der Waals surface area contributed by atoms with Crippen LogP contribution < -0.4 is 0 Å². The second kappa shape index (κ2) is 7.33. The minimum absolute atomic E-state index is 0.156. The molecule has 0 aromatic heterocycles. The van der Waals surface area contributed by atoms with Gasteiger partial charge in [-0.15, -0.1) is 0 Å². The summed E-state index contributed by atoms with van der Waals surface area (Å²) in [5.41, 5.74) is 0.875. The quantitative estimate of drug-likeness (QED) is 0.783. The molecule has 27 heavy (non-hydrogen) atoms. The third-order valence-corrected chi connectivity index (χ3v) is 5.39. The van der Waals surface area contributed by atoms with E-state index >= 15 is 0 Å². The van der Waals surface area contributed by atoms with Crippen LogP contribution in [0.1, 0.15) is 43.7 Å². The van der Waals surface area contributed by atoms with Crippen LogP contribution in [0.25, 0.3) is 0 Å². The summed E-state index contributed by atoms with van der Waals surface area (Å²) in [6, 6.07) is 3.33. The molecule has 4 nitrogen and oxygen atoms in total. The fourth-order valence-electron chi connectivity index (χ4n) is 4.09. The second-order valence-corrected chi connectivity index (χ2v) is 7.37. The molecule has 6 heteroatoms. The van der Waals surface area contributed by atoms with Crippen molar-refractivity contribution in [2.75, 3.05) is 13.1 Å². The molecule has 0 saturated carbocycles. The SMILES string of the molecule is CC/C=C1/N=C(OCc2cc(C)c(F)c(F)c2)C=C2N1CC1CCCCN21. The van der Waals surface area contributed by atoms with E-state index < -0.39 is 11.6 Å². The van der Waals surface area contributed by atoms with E-state index in [1.165, 1.54) is 25.3 Å². The molecule has 1 aromatic carbocycles. The summed E-state index contributed by atoms with van der Waals surface area (Å²) in [4.78, 5) is 9.38. The van der Waals surface area contributed by atoms with Crippen molar-refractivity contribution < 1.29 is 13.5 Å². The highest BCUT2D eigenvalue weighted by atomic mass is 19.2. The van der Waals surface area contributed by atoms with E-state index in [0.29, 0.717) is 17.5 Å². The summed E-state index contributed by atoms with van der Waals surface area (Å²) >= 11 is 0. The van der Waals surface area contributed by atoms with Crippen LogP contribution in [0.5, 0.6) is 0 Å². The molecule has 0 radical (unpaired) electrons. The normalized spacial score (nSPS) is 23.1. The Morgan fingerprint density at radius 1 is 1.30 bits per heavy atom. The first-order valence-electron chi connectivity index (χ1n) is 9.69. The number of halogens is 2. The topological polar surface area (TPSA) is 28.1 Å². The van der Waals surface area contributed by atoms with Crippen LogP contribution in [0.15, 0.2) is 40.9 Å². The summed E-state index contributed by atoms with van der Waals surface area (Å²) in [5, 5.41) is 0. The Morgan fingerprint density at radius 3 is 2.93 bits per heavy atom. The summed E-state index contributed by atoms with van der Waals surface area (Å²) < 4.78 is 33.0. The van der Waals surface area contributed by atoms with Gasteiger partial charge in [0.2, 0.25) is 5.90 Å². The lowest BCUT2D eigenvalue weighted by molar-refractivity contribution is 0.234. The molecule has 1 atom stereocenters. The van der Waals surface area contributed by atoms with Crippen LogP contribution in [0.3, 0.4) is 0 Å². The minimum Gasteiger partial charge on any atom is -0.473 e. The molecule has 4 rings (SSSR count). The Balaban J connectivity index is 1.56. The highest BCUT2D eigenvalue weighted by molar-refractivity contribution is 5.90. The maximum Gasteiger partial charge on any atom is 0.219 e. The lowest BCUT2D eigenvalue weighted by Gasteiger charge is -2.32. The highest BCUT2D eigenvalue weighted by Gasteiger charge is 2.38. The lowest BCUT2D eigenvalue weighted by Crippen LogP contribution is -2.34. The molecule has 3 aliphatic heterocycles. The summed E-state index contributed by atoms with van der Waals surface area (Å²) in [5.74, 6) is 0.935. The van der Waals surface area contributed by atoms with Crippen molar-refractivity contribution in [1.82, 2.24) is 9.80 Å². The van der Waals surface area contributed by atoms with E-state index in [0.717, 1.165) is 31.2 Å². The van der Waals surface area contributed by atoms with Gasteiger partial charge in [-0.25, -0.2) is 8.78 Å². The van der Waals surface area contributed by atoms with Crippen molar-refractivity contribution in [3.63, 3.8) is 0 Å². The third-order valence-electron chi connectivity index (χ3n) is 5.39. The molecule has 0 aliphatic carbocycles. The van der Waals surface area contributed by atoms with Gasteiger partial charge in [0.05, 0.1) is 0 Å². The number of benzene rings is 1. The van der Waals surface area contributed by atoms with Gasteiger partial charge >= 0.3 is 0 Å². The first-order chi connectivity index (χ1) is 13.1. The number of piperidine rings is 1. The molecule has 3 aliphatic rings. The number of hydrogen-bond acceptors (Lipinski definition) is 4. The zero-order valence-electron chi connectivity index (χ0n) is 15.8. The molecule has 0 amide bonds. The Kier molecular flexibility index (Phi) is 4.89. The number of hydrogen-bond donors (Lipinski definition) is 0. The number of nitrogens with zero attached hydrogens (tertiary/aromatic N) is 3. The summed E-state index contributed by atoms with van der Waals surface area (Å²) in [6.45, 7) is 5.83. The maximum absolute atomic E-state index is 13.6. The van der Waals surface area contributed by atoms with E-state index in [1.807, 2.05) is 6.08 Å². The first-order valence-corrected chi connectivity index (χ1v) is 9.69. The van der Waals surface area contributed by atoms with Crippen LogP contribution in [-0.4, -0.2) is 34.8 Å². The van der Waals surface area contributed by atoms with Gasteiger partial charge in [-0.1, -0.05) is 6.92 Å². The van der Waals surface area contributed by atoms with E-state index in [-0.39, 0.29) is 12.2 Å². The van der Waals surface area contributed by atoms with E-state index in [2.05, 4.69) is 27.8 Å². The molecule has 2 saturated heterocycles. The predicted octanol–water partition coefficient (Wildman–Crippen LogP) is 4.46. The monoisotopic (exact) mass is 373 g/mol. The predicted molar refractivity (Wildman–Crippen MR) is 101 cm³/mol. The number of aliphatic imine (C=N–C) groups is 1. The van der Waals surface area contributed by atoms with Gasteiger partial charge in [-0.2, -0.15) is 4.99 Å². The average molecular weight is 373 g/mol. The first kappa shape index (κ1) is 18.0. The molecule has 0 bridgehead atoms. The van der Waals surface area contributed by atoms with Crippen molar-refractivity contribution in [3.05, 3.63) is 58.7 Å². The van der Waals surface area contributed by atoms with Crippen LogP contribution in [0.4, 0.5) is 8.78 Å². The van der Waals surface area contributed by atoms with E-state index in [9.17, 15) is 8.78 Å². The number of fused-ring (bicyclic) bond motifs is 3. The van der Waals surface area contributed by atoms with E-state index in [1.54, 1.807) is 13.0 Å². The van der Waals surface area contributed by atoms with Crippen LogP contribution in [-0.2, 0) is 11.3 Å². The van der Waals surface area contributed by atoms with Gasteiger partial charge in [0, 0.05) is 25.2 Å². The van der Waals surface area contributed by atoms with Gasteiger partial charge in [0.15, 0.2) is 11.6 Å². The number of rotatable bonds is 3. The second-order valence-electron chi connectivity index (χ2n) is 7.37. The van der Waals surface area contributed by atoms with Crippen LogP contribution in [0, 0.1) is 18.6 Å². The lowest BCUT2D eigenvalue weighted by atomic mass is 10.0. The molecule has 0 N–H and O–H groups in total. The molecule has 0 spiro atoms. The van der Waals surface area contributed by atoms with Gasteiger partial charge in [-0.05, 0) is 61.9 Å². The fourth-order valence-corrected chi connectivity index (χ4v) is 4.09.